The van der Waals surface area contributed by atoms with Crippen LogP contribution in [-0.4, -0.2) is 51.6 Å². The van der Waals surface area contributed by atoms with Crippen LogP contribution in [0.4, 0.5) is 0 Å². The van der Waals surface area contributed by atoms with E-state index in [0.29, 0.717) is 0 Å². The summed E-state index contributed by atoms with van der Waals surface area (Å²) in [4.78, 5) is 0.409. The first-order valence-corrected chi connectivity index (χ1v) is 11.3. The third kappa shape index (κ3) is 4.50. The molecule has 0 heterocycles. The fraction of sp³-hybridized carbons (Fsp3) is 0.333. The number of rotatable bonds is 9. The van der Waals surface area contributed by atoms with Gasteiger partial charge in [0.05, 0.1) is 9.79 Å². The predicted molar refractivity (Wildman–Crippen MR) is 102 cm³/mol. The molecule has 0 aromatic heterocycles. The fourth-order valence-electron chi connectivity index (χ4n) is 2.60. The van der Waals surface area contributed by atoms with Crippen molar-refractivity contribution in [2.45, 2.75) is 23.6 Å². The monoisotopic (exact) mass is 396 g/mol. The minimum atomic E-state index is -3.65. The lowest BCUT2D eigenvalue weighted by atomic mass is 10.4. The summed E-state index contributed by atoms with van der Waals surface area (Å²) in [5.74, 6) is 0. The van der Waals surface area contributed by atoms with Crippen LogP contribution in [0.5, 0.6) is 0 Å². The third-order valence-corrected chi connectivity index (χ3v) is 8.04. The topological polar surface area (TPSA) is 74.8 Å². The molecule has 142 valence electrons. The molecule has 0 fully saturated rings. The van der Waals surface area contributed by atoms with E-state index >= 15 is 0 Å². The molecule has 6 nitrogen and oxygen atoms in total. The van der Waals surface area contributed by atoms with Gasteiger partial charge in [-0.2, -0.15) is 8.61 Å². The van der Waals surface area contributed by atoms with E-state index in [4.69, 9.17) is 0 Å². The molecule has 0 atom stereocenters. The summed E-state index contributed by atoms with van der Waals surface area (Å²) in [6.07, 6.45) is 0. The van der Waals surface area contributed by atoms with Crippen molar-refractivity contribution < 1.29 is 16.8 Å². The first-order chi connectivity index (χ1) is 12.3. The van der Waals surface area contributed by atoms with Gasteiger partial charge >= 0.3 is 0 Å². The van der Waals surface area contributed by atoms with Gasteiger partial charge in [-0.1, -0.05) is 50.2 Å². The molecule has 0 unspecified atom stereocenters. The lowest BCUT2D eigenvalue weighted by Gasteiger charge is -2.25. The molecule has 2 rings (SSSR count). The summed E-state index contributed by atoms with van der Waals surface area (Å²) >= 11 is 0. The highest BCUT2D eigenvalue weighted by Gasteiger charge is 2.27. The highest BCUT2D eigenvalue weighted by molar-refractivity contribution is 7.89. The van der Waals surface area contributed by atoms with Crippen LogP contribution in [-0.2, 0) is 20.0 Å². The zero-order chi connectivity index (χ0) is 19.2. The van der Waals surface area contributed by atoms with Gasteiger partial charge in [-0.15, -0.1) is 0 Å². The molecule has 0 aliphatic rings. The molecule has 2 aromatic carbocycles. The van der Waals surface area contributed by atoms with Gasteiger partial charge < -0.3 is 0 Å². The Kier molecular flexibility index (Phi) is 6.94. The third-order valence-electron chi connectivity index (χ3n) is 4.07. The Morgan fingerprint density at radius 1 is 0.615 bits per heavy atom. The van der Waals surface area contributed by atoms with Gasteiger partial charge in [0.25, 0.3) is 0 Å². The molecule has 2 aromatic rings. The second kappa shape index (κ2) is 8.77. The highest BCUT2D eigenvalue weighted by Crippen LogP contribution is 2.17. The maximum absolute atomic E-state index is 12.7. The number of benzene rings is 2. The molecule has 0 N–H and O–H groups in total. The minimum absolute atomic E-state index is 0.0909. The van der Waals surface area contributed by atoms with Gasteiger partial charge in [-0.25, -0.2) is 16.8 Å². The van der Waals surface area contributed by atoms with Crippen LogP contribution < -0.4 is 0 Å². The van der Waals surface area contributed by atoms with Crippen LogP contribution in [0, 0.1) is 0 Å². The largest absolute Gasteiger partial charge is 0.243 e. The van der Waals surface area contributed by atoms with Gasteiger partial charge in [0.15, 0.2) is 0 Å². The molecular formula is C18H24N2O4S2. The first kappa shape index (κ1) is 20.6. The van der Waals surface area contributed by atoms with E-state index in [1.54, 1.807) is 50.2 Å². The Balaban J connectivity index is 2.18. The molecule has 0 saturated heterocycles. The Hall–Kier alpha value is -1.74. The van der Waals surface area contributed by atoms with Crippen LogP contribution in [0.25, 0.3) is 0 Å². The molecule has 8 heteroatoms. The Morgan fingerprint density at radius 2 is 0.923 bits per heavy atom. The van der Waals surface area contributed by atoms with Crippen molar-refractivity contribution in [2.75, 3.05) is 26.2 Å². The Morgan fingerprint density at radius 3 is 1.19 bits per heavy atom. The van der Waals surface area contributed by atoms with Crippen LogP contribution in [0.3, 0.4) is 0 Å². The molecule has 0 radical (unpaired) electrons. The van der Waals surface area contributed by atoms with E-state index in [-0.39, 0.29) is 36.0 Å². The number of likely N-dealkylation sites (N-methyl/N-ethyl adjacent to an activating group) is 2. The maximum atomic E-state index is 12.7. The van der Waals surface area contributed by atoms with Crippen molar-refractivity contribution >= 4 is 20.0 Å². The average Bonchev–Trinajstić information content (AvgIpc) is 2.66. The van der Waals surface area contributed by atoms with Crippen LogP contribution >= 0.6 is 0 Å². The zero-order valence-corrected chi connectivity index (χ0v) is 16.6. The SMILES string of the molecule is CCN(CCN(CC)S(=O)(=O)c1ccccc1)S(=O)(=O)c1ccccc1. The summed E-state index contributed by atoms with van der Waals surface area (Å²) in [7, 11) is -7.31. The van der Waals surface area contributed by atoms with Crippen LogP contribution in [0.1, 0.15) is 13.8 Å². The molecule has 0 amide bonds. The lowest BCUT2D eigenvalue weighted by Crippen LogP contribution is -2.40. The number of hydrogen-bond donors (Lipinski definition) is 0. The first-order valence-electron chi connectivity index (χ1n) is 8.44. The summed E-state index contributed by atoms with van der Waals surface area (Å²) < 4.78 is 53.6. The number of hydrogen-bond acceptors (Lipinski definition) is 4. The van der Waals surface area contributed by atoms with Gasteiger partial charge in [0.1, 0.15) is 0 Å². The van der Waals surface area contributed by atoms with Crippen molar-refractivity contribution in [1.29, 1.82) is 0 Å². The molecule has 0 spiro atoms. The van der Waals surface area contributed by atoms with Gasteiger partial charge in [-0.05, 0) is 24.3 Å². The zero-order valence-electron chi connectivity index (χ0n) is 14.9. The van der Waals surface area contributed by atoms with Gasteiger partial charge in [-0.3, -0.25) is 0 Å². The van der Waals surface area contributed by atoms with E-state index in [0.717, 1.165) is 0 Å². The van der Waals surface area contributed by atoms with Crippen molar-refractivity contribution in [2.24, 2.45) is 0 Å². The highest BCUT2D eigenvalue weighted by atomic mass is 32.2. The fourth-order valence-corrected chi connectivity index (χ4v) is 5.52. The second-order valence-electron chi connectivity index (χ2n) is 5.62. The summed E-state index contributed by atoms with van der Waals surface area (Å²) in [6, 6.07) is 16.3. The normalized spacial score (nSPS) is 12.6. The van der Waals surface area contributed by atoms with E-state index < -0.39 is 20.0 Å². The molecular weight excluding hydrogens is 372 g/mol. The summed E-state index contributed by atoms with van der Waals surface area (Å²) in [5, 5.41) is 0. The lowest BCUT2D eigenvalue weighted by molar-refractivity contribution is 0.359. The van der Waals surface area contributed by atoms with E-state index in [1.807, 2.05) is 0 Å². The Labute approximate surface area is 156 Å². The molecule has 26 heavy (non-hydrogen) atoms. The van der Waals surface area contributed by atoms with E-state index in [2.05, 4.69) is 0 Å². The maximum Gasteiger partial charge on any atom is 0.243 e. The van der Waals surface area contributed by atoms with Gasteiger partial charge in [0, 0.05) is 26.2 Å². The van der Waals surface area contributed by atoms with Crippen molar-refractivity contribution in [3.05, 3.63) is 60.7 Å². The van der Waals surface area contributed by atoms with E-state index in [9.17, 15) is 16.8 Å². The average molecular weight is 397 g/mol. The molecule has 0 bridgehead atoms. The standard InChI is InChI=1S/C18H24N2O4S2/c1-3-19(25(21,22)17-11-7-5-8-12-17)15-16-20(4-2)26(23,24)18-13-9-6-10-14-18/h5-14H,3-4,15-16H2,1-2H3. The minimum Gasteiger partial charge on any atom is -0.207 e. The predicted octanol–water partition coefficient (Wildman–Crippen LogP) is 2.41. The molecule has 0 aliphatic carbocycles. The van der Waals surface area contributed by atoms with Crippen molar-refractivity contribution in [1.82, 2.24) is 8.61 Å². The van der Waals surface area contributed by atoms with Crippen LogP contribution in [0.2, 0.25) is 0 Å². The number of sulfonamides is 2. The Bertz CT molecular complexity index is 821. The molecule has 0 saturated carbocycles. The smallest absolute Gasteiger partial charge is 0.207 e. The quantitative estimate of drug-likeness (QED) is 0.652. The van der Waals surface area contributed by atoms with Crippen molar-refractivity contribution in [3.8, 4) is 0 Å². The summed E-state index contributed by atoms with van der Waals surface area (Å²) in [6.45, 7) is 4.19. The van der Waals surface area contributed by atoms with Gasteiger partial charge in [0.2, 0.25) is 20.0 Å². The number of nitrogens with zero attached hydrogens (tertiary/aromatic N) is 2. The van der Waals surface area contributed by atoms with Crippen molar-refractivity contribution in [3.63, 3.8) is 0 Å². The van der Waals surface area contributed by atoms with E-state index in [1.165, 1.54) is 32.9 Å². The molecule has 0 aliphatic heterocycles. The summed E-state index contributed by atoms with van der Waals surface area (Å²) in [5.41, 5.74) is 0. The second-order valence-corrected chi connectivity index (χ2v) is 9.50. The van der Waals surface area contributed by atoms with Crippen LogP contribution in [0.15, 0.2) is 70.5 Å².